The summed E-state index contributed by atoms with van der Waals surface area (Å²) in [5.74, 6) is 0.333. The molecule has 5 heteroatoms. The first-order chi connectivity index (χ1) is 9.54. The minimum absolute atomic E-state index is 0.158. The number of rotatable bonds is 5. The summed E-state index contributed by atoms with van der Waals surface area (Å²) >= 11 is 9.04. The van der Waals surface area contributed by atoms with Crippen LogP contribution in [-0.4, -0.2) is 17.8 Å². The lowest BCUT2D eigenvalue weighted by molar-refractivity contribution is 0.107. The quantitative estimate of drug-likeness (QED) is 0.866. The Kier molecular flexibility index (Phi) is 5.40. The first-order valence-electron chi connectivity index (χ1n) is 6.05. The van der Waals surface area contributed by atoms with Gasteiger partial charge in [-0.2, -0.15) is 0 Å². The Hall–Kier alpha value is -1.10. The summed E-state index contributed by atoms with van der Waals surface area (Å²) in [5.41, 5.74) is 0.832. The molecule has 0 aromatic heterocycles. The Morgan fingerprint density at radius 3 is 2.55 bits per heavy atom. The predicted molar refractivity (Wildman–Crippen MR) is 80.8 cm³/mol. The van der Waals surface area contributed by atoms with Gasteiger partial charge in [0, 0.05) is 15.9 Å². The van der Waals surface area contributed by atoms with E-state index >= 15 is 0 Å². The smallest absolute Gasteiger partial charge is 0.124 e. The summed E-state index contributed by atoms with van der Waals surface area (Å²) in [5, 5.41) is 10.6. The Balaban J connectivity index is 1.89. The fraction of sp³-hybridized carbons (Fsp3) is 0.200. The fourth-order valence-electron chi connectivity index (χ4n) is 1.72. The Morgan fingerprint density at radius 1 is 1.20 bits per heavy atom. The van der Waals surface area contributed by atoms with Crippen LogP contribution in [0.2, 0.25) is 5.02 Å². The van der Waals surface area contributed by atoms with Gasteiger partial charge in [-0.15, -0.1) is 0 Å². The van der Waals surface area contributed by atoms with Gasteiger partial charge >= 0.3 is 0 Å². The molecule has 0 heterocycles. The summed E-state index contributed by atoms with van der Waals surface area (Å²) in [4.78, 5) is 0. The van der Waals surface area contributed by atoms with Gasteiger partial charge in [0.1, 0.15) is 18.2 Å². The molecule has 0 saturated carbocycles. The molecule has 2 aromatic rings. The van der Waals surface area contributed by atoms with Crippen LogP contribution < -0.4 is 4.74 Å². The average molecular weight is 360 g/mol. The molecule has 1 atom stereocenters. The molecule has 2 nitrogen and oxygen atoms in total. The summed E-state index contributed by atoms with van der Waals surface area (Å²) in [6.45, 7) is 0.158. The number of aliphatic hydroxyl groups is 1. The van der Waals surface area contributed by atoms with Crippen LogP contribution in [0.25, 0.3) is 0 Å². The maximum Gasteiger partial charge on any atom is 0.124 e. The zero-order valence-corrected chi connectivity index (χ0v) is 12.9. The third-order valence-corrected chi connectivity index (χ3v) is 3.72. The first kappa shape index (κ1) is 15.3. The molecule has 0 bridgehead atoms. The highest BCUT2D eigenvalue weighted by Gasteiger charge is 2.10. The van der Waals surface area contributed by atoms with Gasteiger partial charge in [0.25, 0.3) is 0 Å². The second kappa shape index (κ2) is 7.07. The Morgan fingerprint density at radius 2 is 1.90 bits per heavy atom. The molecular formula is C15H13BrClFO2. The third-order valence-electron chi connectivity index (χ3n) is 2.73. The highest BCUT2D eigenvalue weighted by atomic mass is 79.9. The van der Waals surface area contributed by atoms with Crippen molar-refractivity contribution < 1.29 is 14.2 Å². The van der Waals surface area contributed by atoms with Gasteiger partial charge in [0.15, 0.2) is 0 Å². The van der Waals surface area contributed by atoms with E-state index in [1.165, 1.54) is 12.1 Å². The van der Waals surface area contributed by atoms with Crippen molar-refractivity contribution in [1.82, 2.24) is 0 Å². The SMILES string of the molecule is OC(COc1ccc(Cl)cc1)Cc1ccc(F)cc1Br. The highest BCUT2D eigenvalue weighted by molar-refractivity contribution is 9.10. The van der Waals surface area contributed by atoms with Gasteiger partial charge in [-0.3, -0.25) is 0 Å². The summed E-state index contributed by atoms with van der Waals surface area (Å²) in [7, 11) is 0. The fourth-order valence-corrected chi connectivity index (χ4v) is 2.36. The second-order valence-corrected chi connectivity index (χ2v) is 5.65. The van der Waals surface area contributed by atoms with Gasteiger partial charge in [-0.25, -0.2) is 4.39 Å². The van der Waals surface area contributed by atoms with Crippen molar-refractivity contribution in [3.63, 3.8) is 0 Å². The van der Waals surface area contributed by atoms with Crippen LogP contribution in [0.5, 0.6) is 5.75 Å². The van der Waals surface area contributed by atoms with Crippen LogP contribution >= 0.6 is 27.5 Å². The molecule has 0 fully saturated rings. The van der Waals surface area contributed by atoms with E-state index in [9.17, 15) is 9.50 Å². The molecule has 20 heavy (non-hydrogen) atoms. The van der Waals surface area contributed by atoms with E-state index in [1.54, 1.807) is 30.3 Å². The zero-order chi connectivity index (χ0) is 14.5. The highest BCUT2D eigenvalue weighted by Crippen LogP contribution is 2.20. The van der Waals surface area contributed by atoms with Gasteiger partial charge in [0.2, 0.25) is 0 Å². The van der Waals surface area contributed by atoms with Crippen LogP contribution in [-0.2, 0) is 6.42 Å². The van der Waals surface area contributed by atoms with E-state index in [0.29, 0.717) is 21.7 Å². The molecule has 0 aliphatic carbocycles. The van der Waals surface area contributed by atoms with Crippen molar-refractivity contribution >= 4 is 27.5 Å². The molecule has 2 aromatic carbocycles. The van der Waals surface area contributed by atoms with Gasteiger partial charge in [0.05, 0.1) is 6.10 Å². The Bertz CT molecular complexity index is 575. The van der Waals surface area contributed by atoms with Crippen LogP contribution in [0.3, 0.4) is 0 Å². The molecule has 1 N–H and O–H groups in total. The normalized spacial score (nSPS) is 12.2. The third kappa shape index (κ3) is 4.47. The molecule has 0 radical (unpaired) electrons. The topological polar surface area (TPSA) is 29.5 Å². The van der Waals surface area contributed by atoms with Crippen LogP contribution in [0.4, 0.5) is 4.39 Å². The maximum absolute atomic E-state index is 13.0. The number of benzene rings is 2. The molecule has 0 spiro atoms. The van der Waals surface area contributed by atoms with Crippen molar-refractivity contribution in [2.75, 3.05) is 6.61 Å². The molecule has 2 rings (SSSR count). The van der Waals surface area contributed by atoms with E-state index in [-0.39, 0.29) is 12.4 Å². The van der Waals surface area contributed by atoms with Gasteiger partial charge in [-0.1, -0.05) is 33.6 Å². The van der Waals surface area contributed by atoms with E-state index in [0.717, 1.165) is 5.56 Å². The lowest BCUT2D eigenvalue weighted by Gasteiger charge is -2.13. The second-order valence-electron chi connectivity index (χ2n) is 4.36. The number of ether oxygens (including phenoxy) is 1. The maximum atomic E-state index is 13.0. The number of aliphatic hydroxyl groups excluding tert-OH is 1. The summed E-state index contributed by atoms with van der Waals surface area (Å²) in [6.07, 6.45) is -0.290. The minimum Gasteiger partial charge on any atom is -0.491 e. The van der Waals surface area contributed by atoms with E-state index in [1.807, 2.05) is 0 Å². The number of hydrogen-bond donors (Lipinski definition) is 1. The van der Waals surface area contributed by atoms with Crippen molar-refractivity contribution in [3.8, 4) is 5.75 Å². The molecule has 0 aliphatic heterocycles. The monoisotopic (exact) mass is 358 g/mol. The molecule has 106 valence electrons. The molecule has 0 amide bonds. The molecular weight excluding hydrogens is 347 g/mol. The summed E-state index contributed by atoms with van der Waals surface area (Å²) in [6, 6.07) is 11.3. The van der Waals surface area contributed by atoms with Crippen LogP contribution in [0.1, 0.15) is 5.56 Å². The molecule has 0 aliphatic rings. The van der Waals surface area contributed by atoms with Crippen LogP contribution in [0, 0.1) is 5.82 Å². The van der Waals surface area contributed by atoms with Gasteiger partial charge < -0.3 is 9.84 Å². The predicted octanol–water partition coefficient (Wildman–Crippen LogP) is 4.22. The van der Waals surface area contributed by atoms with Crippen molar-refractivity contribution in [2.45, 2.75) is 12.5 Å². The number of hydrogen-bond acceptors (Lipinski definition) is 2. The lowest BCUT2D eigenvalue weighted by atomic mass is 10.1. The number of halogens is 3. The van der Waals surface area contributed by atoms with Gasteiger partial charge in [-0.05, 0) is 42.0 Å². The van der Waals surface area contributed by atoms with E-state index in [4.69, 9.17) is 16.3 Å². The van der Waals surface area contributed by atoms with Crippen molar-refractivity contribution in [2.24, 2.45) is 0 Å². The van der Waals surface area contributed by atoms with Crippen molar-refractivity contribution in [1.29, 1.82) is 0 Å². The first-order valence-corrected chi connectivity index (χ1v) is 7.22. The molecule has 0 saturated heterocycles. The molecule has 1 unspecified atom stereocenters. The van der Waals surface area contributed by atoms with E-state index < -0.39 is 6.10 Å². The Labute approximate surface area is 130 Å². The van der Waals surface area contributed by atoms with Crippen molar-refractivity contribution in [3.05, 3.63) is 63.3 Å². The standard InChI is InChI=1S/C15H13BrClFO2/c16-15-8-12(18)4-1-10(15)7-13(19)9-20-14-5-2-11(17)3-6-14/h1-6,8,13,19H,7,9H2. The summed E-state index contributed by atoms with van der Waals surface area (Å²) < 4.78 is 19.1. The van der Waals surface area contributed by atoms with E-state index in [2.05, 4.69) is 15.9 Å². The minimum atomic E-state index is -0.674. The average Bonchev–Trinajstić information content (AvgIpc) is 2.41. The largest absolute Gasteiger partial charge is 0.491 e. The van der Waals surface area contributed by atoms with Crippen LogP contribution in [0.15, 0.2) is 46.9 Å². The lowest BCUT2D eigenvalue weighted by Crippen LogP contribution is -2.20. The zero-order valence-electron chi connectivity index (χ0n) is 10.5.